The predicted octanol–water partition coefficient (Wildman–Crippen LogP) is 14.3. The molecule has 0 aliphatic rings. The number of carbonyl (C=O) groups excluding carboxylic acids is 1. The van der Waals surface area contributed by atoms with E-state index in [-0.39, 0.29) is 18.9 Å². The molecule has 1 amide bonds. The number of unbranched alkanes of at least 4 members (excludes halogenated alkanes) is 26. The molecule has 3 atom stereocenters. The minimum atomic E-state index is -0.962. The maximum Gasteiger partial charge on any atom is 0.222 e. The van der Waals surface area contributed by atoms with E-state index in [4.69, 9.17) is 0 Å². The fraction of sp³-hybridized carbons (Fsp3) is 0.784. The zero-order valence-corrected chi connectivity index (χ0v) is 37.0. The van der Waals surface area contributed by atoms with Crippen molar-refractivity contribution >= 4 is 5.91 Å². The Kier molecular flexibility index (Phi) is 44.2. The van der Waals surface area contributed by atoms with Crippen LogP contribution in [-0.4, -0.2) is 46.1 Å². The van der Waals surface area contributed by atoms with Gasteiger partial charge in [-0.25, -0.2) is 0 Å². The molecule has 0 aliphatic carbocycles. The maximum atomic E-state index is 12.4. The summed E-state index contributed by atoms with van der Waals surface area (Å²) in [5, 5.41) is 33.2. The molecular formula is C51H93NO4. The highest BCUT2D eigenvalue weighted by atomic mass is 16.3. The van der Waals surface area contributed by atoms with Crippen molar-refractivity contribution in [2.45, 2.75) is 250 Å². The lowest BCUT2D eigenvalue weighted by Crippen LogP contribution is -2.45. The second-order valence-electron chi connectivity index (χ2n) is 16.3. The summed E-state index contributed by atoms with van der Waals surface area (Å²) < 4.78 is 0. The molecule has 0 saturated heterocycles. The second-order valence-corrected chi connectivity index (χ2v) is 16.3. The molecule has 0 aromatic rings. The number of amides is 1. The van der Waals surface area contributed by atoms with E-state index >= 15 is 0 Å². The number of aliphatic hydroxyl groups is 3. The number of carbonyl (C=O) groups is 1. The van der Waals surface area contributed by atoms with Crippen LogP contribution in [0.4, 0.5) is 0 Å². The molecule has 0 fully saturated rings. The average Bonchev–Trinajstić information content (AvgIpc) is 3.19. The molecule has 0 spiro atoms. The topological polar surface area (TPSA) is 89.8 Å². The number of allylic oxidation sites excluding steroid dienone is 9. The van der Waals surface area contributed by atoms with Crippen LogP contribution in [0.1, 0.15) is 232 Å². The molecule has 326 valence electrons. The highest BCUT2D eigenvalue weighted by Gasteiger charge is 2.20. The lowest BCUT2D eigenvalue weighted by Gasteiger charge is -2.21. The molecule has 56 heavy (non-hydrogen) atoms. The van der Waals surface area contributed by atoms with E-state index in [1.807, 2.05) is 6.08 Å². The third kappa shape index (κ3) is 41.7. The fourth-order valence-corrected chi connectivity index (χ4v) is 7.05. The molecule has 5 heteroatoms. The molecule has 0 aromatic carbocycles. The lowest BCUT2D eigenvalue weighted by atomic mass is 10.0. The highest BCUT2D eigenvalue weighted by Crippen LogP contribution is 2.15. The quantitative estimate of drug-likeness (QED) is 0.0366. The fourth-order valence-electron chi connectivity index (χ4n) is 7.05. The lowest BCUT2D eigenvalue weighted by molar-refractivity contribution is -0.124. The van der Waals surface area contributed by atoms with Crippen molar-refractivity contribution in [3.8, 4) is 0 Å². The number of hydrogen-bond donors (Lipinski definition) is 4. The largest absolute Gasteiger partial charge is 0.394 e. The summed E-state index contributed by atoms with van der Waals surface area (Å²) in [6, 6.07) is -0.770. The maximum absolute atomic E-state index is 12.4. The number of rotatable bonds is 43. The van der Waals surface area contributed by atoms with Crippen LogP contribution in [0.15, 0.2) is 60.8 Å². The van der Waals surface area contributed by atoms with Gasteiger partial charge in [0.05, 0.1) is 31.3 Å². The predicted molar refractivity (Wildman–Crippen MR) is 245 cm³/mol. The molecule has 5 nitrogen and oxygen atoms in total. The average molecular weight is 784 g/mol. The van der Waals surface area contributed by atoms with Crippen molar-refractivity contribution in [2.75, 3.05) is 6.61 Å². The first-order valence-electron chi connectivity index (χ1n) is 24.1. The summed E-state index contributed by atoms with van der Waals surface area (Å²) in [6.45, 7) is 4.17. The van der Waals surface area contributed by atoms with Gasteiger partial charge in [-0.15, -0.1) is 0 Å². The molecule has 0 heterocycles. The summed E-state index contributed by atoms with van der Waals surface area (Å²) in [5.41, 5.74) is 0. The third-order valence-electron chi connectivity index (χ3n) is 10.8. The smallest absolute Gasteiger partial charge is 0.222 e. The zero-order valence-electron chi connectivity index (χ0n) is 37.0. The van der Waals surface area contributed by atoms with Crippen LogP contribution in [0.25, 0.3) is 0 Å². The Balaban J connectivity index is 3.65. The first-order chi connectivity index (χ1) is 27.5. The van der Waals surface area contributed by atoms with Crippen LogP contribution in [-0.2, 0) is 4.79 Å². The Labute approximate surface area is 348 Å². The van der Waals surface area contributed by atoms with E-state index in [9.17, 15) is 20.1 Å². The minimum Gasteiger partial charge on any atom is -0.394 e. The SMILES string of the molecule is CCCCCC/C=C/CC/C=C/CC/C=C/C(O)C(CO)NC(=O)CC(O)CCCCCCCCCCCCC/C=C\C/C=C\CCCCCCCCCCC. The first-order valence-corrected chi connectivity index (χ1v) is 24.1. The van der Waals surface area contributed by atoms with Crippen molar-refractivity contribution in [3.05, 3.63) is 60.8 Å². The van der Waals surface area contributed by atoms with Crippen molar-refractivity contribution in [1.29, 1.82) is 0 Å². The van der Waals surface area contributed by atoms with Gasteiger partial charge in [0.2, 0.25) is 5.91 Å². The molecule has 0 radical (unpaired) electrons. The van der Waals surface area contributed by atoms with Gasteiger partial charge in [0, 0.05) is 0 Å². The van der Waals surface area contributed by atoms with Gasteiger partial charge in [0.15, 0.2) is 0 Å². The van der Waals surface area contributed by atoms with Gasteiger partial charge < -0.3 is 20.6 Å². The van der Waals surface area contributed by atoms with E-state index in [0.717, 1.165) is 44.9 Å². The van der Waals surface area contributed by atoms with E-state index in [1.54, 1.807) is 6.08 Å². The summed E-state index contributed by atoms with van der Waals surface area (Å²) in [6.07, 6.45) is 60.9. The summed E-state index contributed by atoms with van der Waals surface area (Å²) in [4.78, 5) is 12.4. The van der Waals surface area contributed by atoms with Gasteiger partial charge in [-0.3, -0.25) is 4.79 Å². The molecule has 0 rings (SSSR count). The van der Waals surface area contributed by atoms with Crippen LogP contribution in [0, 0.1) is 0 Å². The first kappa shape index (κ1) is 54.0. The molecule has 0 saturated carbocycles. The molecule has 0 aliphatic heterocycles. The van der Waals surface area contributed by atoms with E-state index in [0.29, 0.717) is 6.42 Å². The van der Waals surface area contributed by atoms with Crippen molar-refractivity contribution < 1.29 is 20.1 Å². The van der Waals surface area contributed by atoms with Crippen molar-refractivity contribution in [2.24, 2.45) is 0 Å². The van der Waals surface area contributed by atoms with Gasteiger partial charge in [-0.1, -0.05) is 209 Å². The Morgan fingerprint density at radius 2 is 0.821 bits per heavy atom. The van der Waals surface area contributed by atoms with Gasteiger partial charge in [0.1, 0.15) is 0 Å². The van der Waals surface area contributed by atoms with Crippen molar-refractivity contribution in [1.82, 2.24) is 5.32 Å². The standard InChI is InChI=1S/C51H93NO4/c1-3-5-7-9-11-13-15-17-19-20-21-22-23-24-25-26-27-28-29-30-31-32-34-36-38-40-42-44-48(54)46-51(56)52-49(47-53)50(55)45-43-41-39-37-35-33-18-16-14-12-10-8-6-4-2/h14,16,21-22,24-25,35,37,43,45,48-50,53-55H,3-13,15,17-20,23,26-34,36,38-42,44,46-47H2,1-2H3,(H,52,56)/b16-14+,22-21-,25-24-,37-35+,45-43+. The van der Waals surface area contributed by atoms with Gasteiger partial charge in [0.25, 0.3) is 0 Å². The van der Waals surface area contributed by atoms with E-state index < -0.39 is 18.2 Å². The molecule has 3 unspecified atom stereocenters. The Morgan fingerprint density at radius 1 is 0.464 bits per heavy atom. The van der Waals surface area contributed by atoms with Gasteiger partial charge in [-0.2, -0.15) is 0 Å². The Bertz CT molecular complexity index is 954. The van der Waals surface area contributed by atoms with Gasteiger partial charge in [-0.05, 0) is 77.0 Å². The van der Waals surface area contributed by atoms with Crippen LogP contribution >= 0.6 is 0 Å². The normalized spacial score (nSPS) is 14.0. The number of hydrogen-bond acceptors (Lipinski definition) is 4. The number of aliphatic hydroxyl groups excluding tert-OH is 3. The van der Waals surface area contributed by atoms with Crippen LogP contribution < -0.4 is 5.32 Å². The highest BCUT2D eigenvalue weighted by molar-refractivity contribution is 5.76. The Morgan fingerprint density at radius 3 is 1.27 bits per heavy atom. The second kappa shape index (κ2) is 45.7. The molecule has 0 bridgehead atoms. The van der Waals surface area contributed by atoms with Crippen LogP contribution in [0.2, 0.25) is 0 Å². The van der Waals surface area contributed by atoms with Crippen molar-refractivity contribution in [3.63, 3.8) is 0 Å². The minimum absolute atomic E-state index is 0.00111. The van der Waals surface area contributed by atoms with E-state index in [2.05, 4.69) is 67.8 Å². The number of nitrogens with one attached hydrogen (secondary N) is 1. The van der Waals surface area contributed by atoms with E-state index in [1.165, 1.54) is 161 Å². The zero-order chi connectivity index (χ0) is 40.8. The van der Waals surface area contributed by atoms with Crippen LogP contribution in [0.3, 0.4) is 0 Å². The summed E-state index contributed by atoms with van der Waals surface area (Å²) in [5.74, 6) is -0.333. The Hall–Kier alpha value is -1.95. The molecule has 4 N–H and O–H groups in total. The third-order valence-corrected chi connectivity index (χ3v) is 10.8. The summed E-state index contributed by atoms with van der Waals surface area (Å²) >= 11 is 0. The monoisotopic (exact) mass is 784 g/mol. The molecular weight excluding hydrogens is 691 g/mol. The van der Waals surface area contributed by atoms with Crippen LogP contribution in [0.5, 0.6) is 0 Å². The summed E-state index contributed by atoms with van der Waals surface area (Å²) in [7, 11) is 0. The van der Waals surface area contributed by atoms with Gasteiger partial charge >= 0.3 is 0 Å². The molecule has 0 aromatic heterocycles.